The molecule has 0 spiro atoms. The number of ether oxygens (including phenoxy) is 1. The summed E-state index contributed by atoms with van der Waals surface area (Å²) >= 11 is 0. The molecule has 0 saturated heterocycles. The minimum atomic E-state index is -0.920. The molecule has 5 nitrogen and oxygen atoms in total. The predicted molar refractivity (Wildman–Crippen MR) is 96.6 cm³/mol. The van der Waals surface area contributed by atoms with Crippen molar-refractivity contribution in [2.75, 3.05) is 0 Å². The van der Waals surface area contributed by atoms with Crippen molar-refractivity contribution >= 4 is 21.9 Å². The smallest absolute Gasteiger partial charge is 0.351 e. The number of hydrogen-bond acceptors (Lipinski definition) is 5. The SMILES string of the molecule is CC1(c2ccc(F)cc2)Cc2c(c3c(=O)oc4ccccc4c3oc2=O)O1. The molecule has 0 aliphatic carbocycles. The van der Waals surface area contributed by atoms with E-state index >= 15 is 0 Å². The molecule has 0 fully saturated rings. The van der Waals surface area contributed by atoms with Crippen molar-refractivity contribution < 1.29 is 18.0 Å². The summed E-state index contributed by atoms with van der Waals surface area (Å²) in [6.45, 7) is 1.79. The molecule has 2 aromatic carbocycles. The Morgan fingerprint density at radius 2 is 1.70 bits per heavy atom. The van der Waals surface area contributed by atoms with Crippen LogP contribution in [-0.2, 0) is 12.0 Å². The number of fused-ring (bicyclic) bond motifs is 5. The van der Waals surface area contributed by atoms with Crippen molar-refractivity contribution in [2.45, 2.75) is 18.9 Å². The van der Waals surface area contributed by atoms with Gasteiger partial charge in [-0.05, 0) is 36.8 Å². The van der Waals surface area contributed by atoms with E-state index in [9.17, 15) is 14.0 Å². The summed E-state index contributed by atoms with van der Waals surface area (Å²) in [6, 6.07) is 12.7. The Balaban J connectivity index is 1.80. The van der Waals surface area contributed by atoms with Gasteiger partial charge in [0.05, 0.1) is 10.9 Å². The van der Waals surface area contributed by atoms with Crippen LogP contribution in [0, 0.1) is 5.82 Å². The first-order chi connectivity index (χ1) is 13.0. The van der Waals surface area contributed by atoms with E-state index in [2.05, 4.69) is 0 Å². The maximum absolute atomic E-state index is 13.3. The number of hydrogen-bond donors (Lipinski definition) is 0. The summed E-state index contributed by atoms with van der Waals surface area (Å²) < 4.78 is 30.3. The molecule has 0 bridgehead atoms. The summed E-state index contributed by atoms with van der Waals surface area (Å²) in [5.41, 5.74) is -0.663. The minimum absolute atomic E-state index is 0.106. The molecule has 6 heteroatoms. The fraction of sp³-hybridized carbons (Fsp3) is 0.143. The molecule has 0 saturated carbocycles. The van der Waals surface area contributed by atoms with Crippen molar-refractivity contribution in [3.63, 3.8) is 0 Å². The van der Waals surface area contributed by atoms with Gasteiger partial charge >= 0.3 is 11.3 Å². The van der Waals surface area contributed by atoms with Gasteiger partial charge in [-0.25, -0.2) is 14.0 Å². The Morgan fingerprint density at radius 1 is 0.963 bits per heavy atom. The minimum Gasteiger partial charge on any atom is -0.481 e. The maximum Gasteiger partial charge on any atom is 0.351 e. The predicted octanol–water partition coefficient (Wildman–Crippen LogP) is 3.89. The standard InChI is InChI=1S/C21H13FO5/c1-21(11-6-8-12(22)9-7-11)10-14-18(27-21)16-17(26-19(14)23)13-4-2-3-5-15(13)25-20(16)24/h2-9H,10H2,1H3. The van der Waals surface area contributed by atoms with Crippen LogP contribution in [0.4, 0.5) is 4.39 Å². The highest BCUT2D eigenvalue weighted by atomic mass is 19.1. The Labute approximate surface area is 151 Å². The van der Waals surface area contributed by atoms with Crippen molar-refractivity contribution in [3.8, 4) is 5.75 Å². The molecule has 4 aromatic rings. The van der Waals surface area contributed by atoms with Crippen LogP contribution in [0.5, 0.6) is 5.75 Å². The molecule has 5 rings (SSSR count). The Morgan fingerprint density at radius 3 is 2.48 bits per heavy atom. The van der Waals surface area contributed by atoms with Gasteiger partial charge in [-0.1, -0.05) is 24.3 Å². The fourth-order valence-electron chi connectivity index (χ4n) is 3.65. The highest BCUT2D eigenvalue weighted by Gasteiger charge is 2.41. The average Bonchev–Trinajstić information content (AvgIpc) is 3.01. The van der Waals surface area contributed by atoms with E-state index < -0.39 is 16.9 Å². The van der Waals surface area contributed by atoms with Gasteiger partial charge in [0.1, 0.15) is 28.1 Å². The average molecular weight is 364 g/mol. The summed E-state index contributed by atoms with van der Waals surface area (Å²) in [6.07, 6.45) is 0.207. The van der Waals surface area contributed by atoms with Crippen molar-refractivity contribution in [3.05, 3.63) is 86.3 Å². The molecular formula is C21H13FO5. The number of rotatable bonds is 1. The normalized spacial score (nSPS) is 18.6. The highest BCUT2D eigenvalue weighted by Crippen LogP contribution is 2.43. The molecule has 27 heavy (non-hydrogen) atoms. The lowest BCUT2D eigenvalue weighted by Gasteiger charge is -2.24. The zero-order valence-corrected chi connectivity index (χ0v) is 14.2. The third-order valence-electron chi connectivity index (χ3n) is 5.00. The Kier molecular flexibility index (Phi) is 3.10. The number of para-hydroxylation sites is 1. The lowest BCUT2D eigenvalue weighted by molar-refractivity contribution is 0.117. The van der Waals surface area contributed by atoms with E-state index in [0.717, 1.165) is 0 Å². The molecule has 1 aliphatic rings. The largest absolute Gasteiger partial charge is 0.481 e. The third-order valence-corrected chi connectivity index (χ3v) is 5.00. The molecule has 1 unspecified atom stereocenters. The van der Waals surface area contributed by atoms with Gasteiger partial charge in [-0.2, -0.15) is 0 Å². The van der Waals surface area contributed by atoms with E-state index in [0.29, 0.717) is 16.5 Å². The maximum atomic E-state index is 13.3. The summed E-state index contributed by atoms with van der Waals surface area (Å²) in [5, 5.41) is 0.625. The van der Waals surface area contributed by atoms with Crippen LogP contribution in [0.1, 0.15) is 18.1 Å². The van der Waals surface area contributed by atoms with Gasteiger partial charge in [0.25, 0.3) is 0 Å². The topological polar surface area (TPSA) is 69.7 Å². The summed E-state index contributed by atoms with van der Waals surface area (Å²) in [7, 11) is 0. The van der Waals surface area contributed by atoms with Gasteiger partial charge < -0.3 is 13.6 Å². The molecule has 0 amide bonds. The first-order valence-electron chi connectivity index (χ1n) is 8.43. The van der Waals surface area contributed by atoms with Crippen LogP contribution in [0.15, 0.2) is 67.0 Å². The van der Waals surface area contributed by atoms with Crippen molar-refractivity contribution in [1.29, 1.82) is 0 Å². The Hall–Kier alpha value is -3.41. The molecule has 0 radical (unpaired) electrons. The lowest BCUT2D eigenvalue weighted by Crippen LogP contribution is -2.27. The molecular weight excluding hydrogens is 351 g/mol. The van der Waals surface area contributed by atoms with Gasteiger partial charge in [-0.15, -0.1) is 0 Å². The second-order valence-corrected chi connectivity index (χ2v) is 6.80. The van der Waals surface area contributed by atoms with E-state index in [1.54, 1.807) is 43.3 Å². The molecule has 1 atom stereocenters. The lowest BCUT2D eigenvalue weighted by atomic mass is 9.91. The van der Waals surface area contributed by atoms with E-state index in [1.165, 1.54) is 12.1 Å². The van der Waals surface area contributed by atoms with E-state index in [-0.39, 0.29) is 34.5 Å². The van der Waals surface area contributed by atoms with Gasteiger partial charge in [0, 0.05) is 6.42 Å². The first-order valence-corrected chi connectivity index (χ1v) is 8.43. The zero-order chi connectivity index (χ0) is 18.8. The second-order valence-electron chi connectivity index (χ2n) is 6.80. The van der Waals surface area contributed by atoms with Crippen LogP contribution in [0.3, 0.4) is 0 Å². The fourth-order valence-corrected chi connectivity index (χ4v) is 3.65. The quantitative estimate of drug-likeness (QED) is 0.379. The summed E-state index contributed by atoms with van der Waals surface area (Å²) in [4.78, 5) is 25.2. The van der Waals surface area contributed by atoms with Crippen molar-refractivity contribution in [2.24, 2.45) is 0 Å². The van der Waals surface area contributed by atoms with Gasteiger partial charge in [-0.3, -0.25) is 0 Å². The van der Waals surface area contributed by atoms with E-state index in [1.807, 2.05) is 0 Å². The van der Waals surface area contributed by atoms with Crippen LogP contribution in [0.25, 0.3) is 21.9 Å². The molecule has 2 aromatic heterocycles. The monoisotopic (exact) mass is 364 g/mol. The third kappa shape index (κ3) is 2.23. The molecule has 1 aliphatic heterocycles. The number of benzene rings is 2. The second kappa shape index (κ2) is 5.30. The Bertz CT molecular complexity index is 1330. The van der Waals surface area contributed by atoms with Crippen LogP contribution >= 0.6 is 0 Å². The van der Waals surface area contributed by atoms with Crippen LogP contribution < -0.4 is 16.0 Å². The number of halogens is 1. The van der Waals surface area contributed by atoms with Gasteiger partial charge in [0.15, 0.2) is 5.58 Å². The molecule has 0 N–H and O–H groups in total. The zero-order valence-electron chi connectivity index (χ0n) is 14.2. The summed E-state index contributed by atoms with van der Waals surface area (Å²) in [5.74, 6) is -0.192. The highest BCUT2D eigenvalue weighted by molar-refractivity contribution is 6.02. The van der Waals surface area contributed by atoms with E-state index in [4.69, 9.17) is 13.6 Å². The first kappa shape index (κ1) is 15.8. The molecule has 3 heterocycles. The molecule has 134 valence electrons. The van der Waals surface area contributed by atoms with Gasteiger partial charge in [0.2, 0.25) is 0 Å². The van der Waals surface area contributed by atoms with Crippen molar-refractivity contribution in [1.82, 2.24) is 0 Å². The van der Waals surface area contributed by atoms with Crippen LogP contribution in [0.2, 0.25) is 0 Å². The van der Waals surface area contributed by atoms with Crippen LogP contribution in [-0.4, -0.2) is 0 Å².